The highest BCUT2D eigenvalue weighted by Gasteiger charge is 2.56. The van der Waals surface area contributed by atoms with E-state index in [2.05, 4.69) is 0 Å². The number of amides is 2. The number of thiophene rings is 1. The van der Waals surface area contributed by atoms with Crippen LogP contribution in [0.1, 0.15) is 36.1 Å². The average molecular weight is 530 g/mol. The molecule has 0 spiro atoms. The molecule has 1 saturated heterocycles. The summed E-state index contributed by atoms with van der Waals surface area (Å²) in [5.41, 5.74) is 3.08. The minimum Gasteiger partial charge on any atom is -0.491 e. The van der Waals surface area contributed by atoms with Crippen molar-refractivity contribution < 1.29 is 29.0 Å². The van der Waals surface area contributed by atoms with Gasteiger partial charge in [-0.25, -0.2) is 0 Å². The summed E-state index contributed by atoms with van der Waals surface area (Å²) in [5, 5.41) is 11.0. The summed E-state index contributed by atoms with van der Waals surface area (Å²) in [5.74, 6) is -1.95. The number of hydrogen-bond donors (Lipinski definition) is 1. The first kappa shape index (κ1) is 24.7. The third-order valence-corrected chi connectivity index (χ3v) is 8.98. The number of aliphatic hydroxyl groups is 1. The molecule has 0 saturated carbocycles. The van der Waals surface area contributed by atoms with Crippen LogP contribution in [0.5, 0.6) is 5.75 Å². The Balaban J connectivity index is 1.41. The van der Waals surface area contributed by atoms with Crippen molar-refractivity contribution >= 4 is 34.7 Å². The summed E-state index contributed by atoms with van der Waals surface area (Å²) >= 11 is 1.51. The zero-order valence-corrected chi connectivity index (χ0v) is 21.7. The Hall–Kier alpha value is -3.62. The van der Waals surface area contributed by atoms with Crippen LogP contribution in [0.2, 0.25) is 0 Å². The molecule has 1 N–H and O–H groups in total. The predicted octanol–water partition coefficient (Wildman–Crippen LogP) is 3.75. The Morgan fingerprint density at radius 1 is 1.05 bits per heavy atom. The van der Waals surface area contributed by atoms with E-state index in [-0.39, 0.29) is 55.5 Å². The third-order valence-electron chi connectivity index (χ3n) is 8.12. The van der Waals surface area contributed by atoms with Crippen molar-refractivity contribution in [2.24, 2.45) is 17.8 Å². The number of fused-ring (bicyclic) bond motifs is 3. The van der Waals surface area contributed by atoms with Gasteiger partial charge >= 0.3 is 0 Å². The average Bonchev–Trinajstić information content (AvgIpc) is 3.52. The number of ketones is 2. The highest BCUT2D eigenvalue weighted by molar-refractivity contribution is 7.09. The normalized spacial score (nSPS) is 26.6. The summed E-state index contributed by atoms with van der Waals surface area (Å²) in [4.78, 5) is 56.1. The molecule has 1 aromatic heterocycles. The molecule has 7 nitrogen and oxygen atoms in total. The second kappa shape index (κ2) is 9.60. The van der Waals surface area contributed by atoms with Gasteiger partial charge in [-0.3, -0.25) is 24.1 Å². The molecule has 4 atom stereocenters. The van der Waals surface area contributed by atoms with Crippen molar-refractivity contribution in [1.82, 2.24) is 4.90 Å². The predicted molar refractivity (Wildman–Crippen MR) is 140 cm³/mol. The first-order valence-corrected chi connectivity index (χ1v) is 13.7. The van der Waals surface area contributed by atoms with Gasteiger partial charge in [0, 0.05) is 27.5 Å². The van der Waals surface area contributed by atoms with Crippen LogP contribution in [0.4, 0.5) is 0 Å². The Labute approximate surface area is 224 Å². The molecule has 0 unspecified atom stereocenters. The molecule has 4 aliphatic rings. The number of likely N-dealkylation sites (tertiary alicyclic amines) is 1. The van der Waals surface area contributed by atoms with Crippen LogP contribution < -0.4 is 4.74 Å². The Kier molecular flexibility index (Phi) is 6.24. The summed E-state index contributed by atoms with van der Waals surface area (Å²) in [6, 6.07) is 11.1. The highest BCUT2D eigenvalue weighted by Crippen LogP contribution is 2.55. The van der Waals surface area contributed by atoms with E-state index in [0.717, 1.165) is 16.0 Å². The smallest absolute Gasteiger partial charge is 0.234 e. The van der Waals surface area contributed by atoms with E-state index in [1.54, 1.807) is 19.1 Å². The van der Waals surface area contributed by atoms with Gasteiger partial charge < -0.3 is 9.84 Å². The fourth-order valence-electron chi connectivity index (χ4n) is 6.46. The molecule has 0 radical (unpaired) electrons. The highest BCUT2D eigenvalue weighted by atomic mass is 32.1. The van der Waals surface area contributed by atoms with Gasteiger partial charge in [0.2, 0.25) is 11.8 Å². The number of carbonyl (C=O) groups excluding carboxylic acids is 4. The lowest BCUT2D eigenvalue weighted by Gasteiger charge is -2.42. The lowest BCUT2D eigenvalue weighted by molar-refractivity contribution is -0.140. The number of allylic oxidation sites excluding steroid dienone is 6. The molecule has 2 heterocycles. The summed E-state index contributed by atoms with van der Waals surface area (Å²) in [6.07, 6.45) is 4.14. The van der Waals surface area contributed by atoms with Gasteiger partial charge in [0.05, 0.1) is 25.0 Å². The SMILES string of the molecule is CC1=CC(=O)C2=C(C[C@@H]3C(=CC[C@@H]4C(=O)N(Cc5cccs5)C(=O)[C@@H]43)[C@@H]2c2ccc(OCCO)cc2)C1=O. The van der Waals surface area contributed by atoms with E-state index in [4.69, 9.17) is 9.84 Å². The van der Waals surface area contributed by atoms with Crippen LogP contribution in [-0.2, 0) is 25.7 Å². The van der Waals surface area contributed by atoms with E-state index >= 15 is 0 Å². The van der Waals surface area contributed by atoms with E-state index in [1.807, 2.05) is 35.7 Å². The number of rotatable bonds is 6. The van der Waals surface area contributed by atoms with Gasteiger partial charge in [0.15, 0.2) is 11.6 Å². The number of benzene rings is 1. The van der Waals surface area contributed by atoms with Crippen LogP contribution in [0.15, 0.2) is 76.2 Å². The topological polar surface area (TPSA) is 101 Å². The molecule has 1 fully saturated rings. The number of aliphatic hydroxyl groups excluding tert-OH is 1. The van der Waals surface area contributed by atoms with Crippen molar-refractivity contribution in [3.63, 3.8) is 0 Å². The maximum Gasteiger partial charge on any atom is 0.234 e. The lowest BCUT2D eigenvalue weighted by Crippen LogP contribution is -2.39. The third kappa shape index (κ3) is 3.90. The van der Waals surface area contributed by atoms with Crippen molar-refractivity contribution in [1.29, 1.82) is 0 Å². The maximum atomic E-state index is 13.8. The van der Waals surface area contributed by atoms with Crippen LogP contribution in [0, 0.1) is 17.8 Å². The molecule has 0 bridgehead atoms. The first-order valence-electron chi connectivity index (χ1n) is 12.8. The molecule has 6 rings (SSSR count). The van der Waals surface area contributed by atoms with Gasteiger partial charge in [-0.2, -0.15) is 0 Å². The van der Waals surface area contributed by atoms with E-state index in [9.17, 15) is 19.2 Å². The van der Waals surface area contributed by atoms with Gasteiger partial charge in [-0.15, -0.1) is 11.3 Å². The number of Topliss-reactive ketones (excluding diaryl/α,β-unsaturated/α-hetero) is 1. The van der Waals surface area contributed by atoms with Gasteiger partial charge in [-0.1, -0.05) is 29.8 Å². The number of carbonyl (C=O) groups is 4. The second-order valence-corrected chi connectivity index (χ2v) is 11.2. The van der Waals surface area contributed by atoms with Crippen LogP contribution in [0.3, 0.4) is 0 Å². The van der Waals surface area contributed by atoms with Crippen LogP contribution in [0.25, 0.3) is 0 Å². The zero-order chi connectivity index (χ0) is 26.6. The standard InChI is InChI=1S/C30H27NO6S/c1-16-13-24(33)27-23(28(16)34)14-22-20(25(27)17-4-6-18(7-5-17)37-11-10-32)8-9-21-26(22)30(36)31(29(21)35)15-19-3-2-12-38-19/h2-8,12-13,21-22,25-26,32H,9-11,14-15H2,1H3/t21-,22+,25-,26-/m0/s1. The van der Waals surface area contributed by atoms with Gasteiger partial charge in [0.1, 0.15) is 12.4 Å². The number of hydrogen-bond acceptors (Lipinski definition) is 7. The van der Waals surface area contributed by atoms with Crippen molar-refractivity contribution in [2.75, 3.05) is 13.2 Å². The first-order chi connectivity index (χ1) is 18.4. The molecule has 8 heteroatoms. The van der Waals surface area contributed by atoms with Crippen LogP contribution >= 0.6 is 11.3 Å². The van der Waals surface area contributed by atoms with E-state index in [1.165, 1.54) is 22.3 Å². The van der Waals surface area contributed by atoms with Crippen LogP contribution in [-0.4, -0.2) is 46.6 Å². The van der Waals surface area contributed by atoms with Crippen molar-refractivity contribution in [2.45, 2.75) is 32.2 Å². The molecule has 38 heavy (non-hydrogen) atoms. The summed E-state index contributed by atoms with van der Waals surface area (Å²) < 4.78 is 5.51. The monoisotopic (exact) mass is 529 g/mol. The minimum atomic E-state index is -0.555. The maximum absolute atomic E-state index is 13.8. The lowest BCUT2D eigenvalue weighted by atomic mass is 9.59. The zero-order valence-electron chi connectivity index (χ0n) is 20.9. The molecular formula is C30H27NO6S. The number of imide groups is 1. The molecule has 3 aliphatic carbocycles. The summed E-state index contributed by atoms with van der Waals surface area (Å²) in [7, 11) is 0. The molecular weight excluding hydrogens is 502 g/mol. The minimum absolute atomic E-state index is 0.101. The fraction of sp³-hybridized carbons (Fsp3) is 0.333. The van der Waals surface area contributed by atoms with Crippen molar-refractivity contribution in [3.05, 3.63) is 86.7 Å². The largest absolute Gasteiger partial charge is 0.491 e. The van der Waals surface area contributed by atoms with E-state index < -0.39 is 17.8 Å². The van der Waals surface area contributed by atoms with Gasteiger partial charge in [-0.05, 0) is 60.9 Å². The molecule has 2 amide bonds. The Morgan fingerprint density at radius 3 is 2.55 bits per heavy atom. The van der Waals surface area contributed by atoms with E-state index in [0.29, 0.717) is 28.9 Å². The molecule has 1 aromatic carbocycles. The fourth-order valence-corrected chi connectivity index (χ4v) is 7.15. The Morgan fingerprint density at radius 2 is 1.84 bits per heavy atom. The molecule has 2 aromatic rings. The van der Waals surface area contributed by atoms with Crippen molar-refractivity contribution in [3.8, 4) is 5.75 Å². The Bertz CT molecular complexity index is 1430. The molecule has 1 aliphatic heterocycles. The second-order valence-electron chi connectivity index (χ2n) is 10.2. The number of nitrogens with zero attached hydrogens (tertiary/aromatic N) is 1. The number of ether oxygens (including phenoxy) is 1. The van der Waals surface area contributed by atoms with Gasteiger partial charge in [0.25, 0.3) is 0 Å². The molecule has 194 valence electrons. The summed E-state index contributed by atoms with van der Waals surface area (Å²) in [6.45, 7) is 1.98. The quantitative estimate of drug-likeness (QED) is 0.348.